The van der Waals surface area contributed by atoms with Crippen molar-refractivity contribution >= 4 is 11.6 Å². The fraction of sp³-hybridized carbons (Fsp3) is 0.533. The number of nitrogens with zero attached hydrogens (tertiary/aromatic N) is 1. The van der Waals surface area contributed by atoms with Crippen LogP contribution in [0, 0.1) is 5.82 Å². The minimum atomic E-state index is -0.398. The predicted molar refractivity (Wildman–Crippen MR) is 77.0 cm³/mol. The maximum Gasteiger partial charge on any atom is 0.239 e. The molecule has 1 amide bonds. The number of ether oxygens (including phenoxy) is 1. The monoisotopic (exact) mass is 293 g/mol. The van der Waals surface area contributed by atoms with Gasteiger partial charge in [0.2, 0.25) is 5.91 Å². The molecular formula is C15H20FN3O2. The number of hydrogen-bond donors (Lipinski definition) is 2. The van der Waals surface area contributed by atoms with Crippen LogP contribution in [0.4, 0.5) is 10.1 Å². The second-order valence-electron chi connectivity index (χ2n) is 5.66. The van der Waals surface area contributed by atoms with Crippen molar-refractivity contribution in [3.8, 4) is 0 Å². The van der Waals surface area contributed by atoms with E-state index in [2.05, 4.69) is 5.32 Å². The first-order valence-electron chi connectivity index (χ1n) is 7.30. The zero-order valence-electron chi connectivity index (χ0n) is 11.8. The molecule has 1 aromatic rings. The minimum absolute atomic E-state index is 0.0264. The largest absolute Gasteiger partial charge is 0.396 e. The Kier molecular flexibility index (Phi) is 4.07. The molecule has 0 bridgehead atoms. The number of halogens is 1. The quantitative estimate of drug-likeness (QED) is 0.809. The van der Waals surface area contributed by atoms with Crippen LogP contribution in [0.25, 0.3) is 0 Å². The third-order valence-electron chi connectivity index (χ3n) is 3.95. The molecule has 0 aromatic heterocycles. The lowest BCUT2D eigenvalue weighted by Crippen LogP contribution is -2.53. The van der Waals surface area contributed by atoms with Crippen LogP contribution in [0.3, 0.4) is 0 Å². The number of hydrogen-bond acceptors (Lipinski definition) is 4. The van der Waals surface area contributed by atoms with Crippen LogP contribution in [0.1, 0.15) is 18.4 Å². The SMILES string of the molecule is Nc1cccc(CN2CCOCC2C(=O)NC2CC2)c1F. The van der Waals surface area contributed by atoms with Crippen LogP contribution in [-0.4, -0.2) is 42.6 Å². The van der Waals surface area contributed by atoms with E-state index in [4.69, 9.17) is 10.5 Å². The molecule has 3 rings (SSSR count). The number of morpholine rings is 1. The van der Waals surface area contributed by atoms with Gasteiger partial charge >= 0.3 is 0 Å². The van der Waals surface area contributed by atoms with E-state index in [-0.39, 0.29) is 17.6 Å². The van der Waals surface area contributed by atoms with Gasteiger partial charge in [-0.2, -0.15) is 0 Å². The van der Waals surface area contributed by atoms with E-state index in [0.29, 0.717) is 37.9 Å². The van der Waals surface area contributed by atoms with E-state index in [9.17, 15) is 9.18 Å². The molecule has 114 valence electrons. The van der Waals surface area contributed by atoms with E-state index in [1.165, 1.54) is 6.07 Å². The van der Waals surface area contributed by atoms with E-state index in [1.807, 2.05) is 4.90 Å². The molecular weight excluding hydrogens is 273 g/mol. The molecule has 1 aliphatic carbocycles. The summed E-state index contributed by atoms with van der Waals surface area (Å²) >= 11 is 0. The van der Waals surface area contributed by atoms with Crippen LogP contribution in [0.5, 0.6) is 0 Å². The first kappa shape index (κ1) is 14.3. The Morgan fingerprint density at radius 1 is 1.48 bits per heavy atom. The highest BCUT2D eigenvalue weighted by molar-refractivity contribution is 5.82. The van der Waals surface area contributed by atoms with E-state index < -0.39 is 5.82 Å². The van der Waals surface area contributed by atoms with Crippen LogP contribution >= 0.6 is 0 Å². The molecule has 2 fully saturated rings. The van der Waals surface area contributed by atoms with Gasteiger partial charge in [0, 0.05) is 24.7 Å². The van der Waals surface area contributed by atoms with E-state index in [0.717, 1.165) is 12.8 Å². The molecule has 6 heteroatoms. The summed E-state index contributed by atoms with van der Waals surface area (Å²) in [5.41, 5.74) is 6.25. The first-order valence-corrected chi connectivity index (χ1v) is 7.30. The van der Waals surface area contributed by atoms with Crippen LogP contribution in [0.2, 0.25) is 0 Å². The molecule has 1 aliphatic heterocycles. The maximum atomic E-state index is 14.0. The number of nitrogens with one attached hydrogen (secondary N) is 1. The van der Waals surface area contributed by atoms with Crippen molar-refractivity contribution in [3.63, 3.8) is 0 Å². The first-order chi connectivity index (χ1) is 10.1. The predicted octanol–water partition coefficient (Wildman–Crippen LogP) is 0.887. The highest BCUT2D eigenvalue weighted by Gasteiger charge is 2.33. The van der Waals surface area contributed by atoms with E-state index >= 15 is 0 Å². The van der Waals surface area contributed by atoms with Gasteiger partial charge in [0.1, 0.15) is 6.04 Å². The lowest BCUT2D eigenvalue weighted by molar-refractivity contribution is -0.133. The third-order valence-corrected chi connectivity index (χ3v) is 3.95. The topological polar surface area (TPSA) is 67.6 Å². The van der Waals surface area contributed by atoms with E-state index in [1.54, 1.807) is 12.1 Å². The molecule has 1 heterocycles. The molecule has 1 unspecified atom stereocenters. The number of nitrogen functional groups attached to an aromatic ring is 1. The summed E-state index contributed by atoms with van der Waals surface area (Å²) in [6.45, 7) is 1.87. The summed E-state index contributed by atoms with van der Waals surface area (Å²) in [5, 5.41) is 2.99. The number of carbonyl (C=O) groups is 1. The van der Waals surface area contributed by atoms with Gasteiger partial charge < -0.3 is 15.8 Å². The van der Waals surface area contributed by atoms with Crippen molar-refractivity contribution in [3.05, 3.63) is 29.6 Å². The molecule has 5 nitrogen and oxygen atoms in total. The van der Waals surface area contributed by atoms with Gasteiger partial charge in [-0.1, -0.05) is 12.1 Å². The molecule has 0 radical (unpaired) electrons. The summed E-state index contributed by atoms with van der Waals surface area (Å²) in [6.07, 6.45) is 2.09. The van der Waals surface area contributed by atoms with Crippen molar-refractivity contribution in [2.75, 3.05) is 25.5 Å². The molecule has 1 saturated heterocycles. The normalized spacial score (nSPS) is 23.0. The molecule has 1 atom stereocenters. The Hall–Kier alpha value is -1.66. The molecule has 3 N–H and O–H groups in total. The number of amides is 1. The van der Waals surface area contributed by atoms with Gasteiger partial charge in [-0.05, 0) is 18.9 Å². The number of rotatable bonds is 4. The Morgan fingerprint density at radius 3 is 3.05 bits per heavy atom. The number of benzene rings is 1. The third kappa shape index (κ3) is 3.33. The summed E-state index contributed by atoms with van der Waals surface area (Å²) in [7, 11) is 0. The summed E-state index contributed by atoms with van der Waals surface area (Å²) in [6, 6.07) is 4.92. The van der Waals surface area contributed by atoms with Gasteiger partial charge in [-0.15, -0.1) is 0 Å². The van der Waals surface area contributed by atoms with Crippen LogP contribution < -0.4 is 11.1 Å². The molecule has 1 aromatic carbocycles. The smallest absolute Gasteiger partial charge is 0.239 e. The maximum absolute atomic E-state index is 14.0. The second kappa shape index (κ2) is 5.99. The average molecular weight is 293 g/mol. The van der Waals surface area contributed by atoms with Crippen LogP contribution in [0.15, 0.2) is 18.2 Å². The summed E-state index contributed by atoms with van der Waals surface area (Å²) in [4.78, 5) is 14.2. The lowest BCUT2D eigenvalue weighted by Gasteiger charge is -2.34. The standard InChI is InChI=1S/C15H20FN3O2/c16-14-10(2-1-3-12(14)17)8-19-6-7-21-9-13(19)15(20)18-11-4-5-11/h1-3,11,13H,4-9,17H2,(H,18,20). The summed E-state index contributed by atoms with van der Waals surface area (Å²) in [5.74, 6) is -0.424. The Morgan fingerprint density at radius 2 is 2.29 bits per heavy atom. The van der Waals surface area contributed by atoms with Crippen molar-refractivity contribution < 1.29 is 13.9 Å². The lowest BCUT2D eigenvalue weighted by atomic mass is 10.1. The number of carbonyl (C=O) groups excluding carboxylic acids is 1. The van der Waals surface area contributed by atoms with Crippen LogP contribution in [-0.2, 0) is 16.1 Å². The van der Waals surface area contributed by atoms with Crippen molar-refractivity contribution in [2.45, 2.75) is 31.5 Å². The highest BCUT2D eigenvalue weighted by Crippen LogP contribution is 2.21. The zero-order valence-corrected chi connectivity index (χ0v) is 11.8. The van der Waals surface area contributed by atoms with Gasteiger partial charge in [0.25, 0.3) is 0 Å². The van der Waals surface area contributed by atoms with Gasteiger partial charge in [0.05, 0.1) is 18.9 Å². The van der Waals surface area contributed by atoms with Gasteiger partial charge in [-0.25, -0.2) is 4.39 Å². The number of nitrogens with two attached hydrogens (primary N) is 1. The Balaban J connectivity index is 1.71. The molecule has 21 heavy (non-hydrogen) atoms. The van der Waals surface area contributed by atoms with Gasteiger partial charge in [-0.3, -0.25) is 9.69 Å². The highest BCUT2D eigenvalue weighted by atomic mass is 19.1. The zero-order chi connectivity index (χ0) is 14.8. The molecule has 1 saturated carbocycles. The average Bonchev–Trinajstić information content (AvgIpc) is 3.28. The Bertz CT molecular complexity index is 534. The van der Waals surface area contributed by atoms with Crippen molar-refractivity contribution in [1.29, 1.82) is 0 Å². The number of anilines is 1. The second-order valence-corrected chi connectivity index (χ2v) is 5.66. The molecule has 0 spiro atoms. The summed E-state index contributed by atoms with van der Waals surface area (Å²) < 4.78 is 19.4. The van der Waals surface area contributed by atoms with Crippen molar-refractivity contribution in [2.24, 2.45) is 0 Å². The van der Waals surface area contributed by atoms with Crippen molar-refractivity contribution in [1.82, 2.24) is 10.2 Å². The fourth-order valence-corrected chi connectivity index (χ4v) is 2.53. The fourth-order valence-electron chi connectivity index (χ4n) is 2.53. The Labute approximate surface area is 123 Å². The van der Waals surface area contributed by atoms with Gasteiger partial charge in [0.15, 0.2) is 5.82 Å². The molecule has 2 aliphatic rings. The minimum Gasteiger partial charge on any atom is -0.396 e.